The van der Waals surface area contributed by atoms with Crippen LogP contribution in [0, 0.1) is 0 Å². The van der Waals surface area contributed by atoms with Crippen LogP contribution in [0.25, 0.3) is 5.65 Å². The molecule has 1 aliphatic heterocycles. The molecule has 0 aromatic carbocycles. The van der Waals surface area contributed by atoms with Crippen LogP contribution in [0.1, 0.15) is 12.8 Å². The molecule has 3 heterocycles. The summed E-state index contributed by atoms with van der Waals surface area (Å²) in [7, 11) is 0. The summed E-state index contributed by atoms with van der Waals surface area (Å²) in [6.45, 7) is 1.73. The molecular weight excluding hydrogens is 202 g/mol. The van der Waals surface area contributed by atoms with Crippen LogP contribution in [0.2, 0.25) is 0 Å². The number of aliphatic hydroxyl groups is 1. The van der Waals surface area contributed by atoms with Gasteiger partial charge in [-0.1, -0.05) is 6.07 Å². The van der Waals surface area contributed by atoms with Gasteiger partial charge in [0.15, 0.2) is 0 Å². The minimum Gasteiger partial charge on any atom is -0.391 e. The fourth-order valence-corrected chi connectivity index (χ4v) is 2.35. The molecule has 1 saturated heterocycles. The maximum atomic E-state index is 9.70. The van der Waals surface area contributed by atoms with Crippen molar-refractivity contribution in [3.8, 4) is 0 Å². The number of nitrogens with zero attached hydrogens (tertiary/aromatic N) is 3. The average molecular weight is 217 g/mol. The third-order valence-electron chi connectivity index (χ3n) is 3.13. The van der Waals surface area contributed by atoms with Crippen LogP contribution in [0.4, 0.5) is 5.82 Å². The Hall–Kier alpha value is -1.55. The molecule has 1 fully saturated rings. The smallest absolute Gasteiger partial charge is 0.138 e. The topological polar surface area (TPSA) is 40.8 Å². The molecule has 1 aliphatic rings. The number of imidazole rings is 1. The number of anilines is 1. The Bertz CT molecular complexity index is 494. The van der Waals surface area contributed by atoms with Gasteiger partial charge in [0.2, 0.25) is 0 Å². The second-order valence-electron chi connectivity index (χ2n) is 4.28. The van der Waals surface area contributed by atoms with Crippen LogP contribution < -0.4 is 4.90 Å². The molecule has 0 saturated carbocycles. The molecule has 1 atom stereocenters. The monoisotopic (exact) mass is 217 g/mol. The Kier molecular flexibility index (Phi) is 2.29. The standard InChI is InChI=1S/C12H15N3O/c16-10-3-2-7-14(9-10)12-5-1-4-11-13-6-8-15(11)12/h1,4-6,8,10,16H,2-3,7,9H2. The van der Waals surface area contributed by atoms with Gasteiger partial charge in [-0.25, -0.2) is 4.98 Å². The first-order valence-electron chi connectivity index (χ1n) is 5.70. The molecule has 0 bridgehead atoms. The SMILES string of the molecule is OC1CCCN(c2cccc3nccn23)C1. The van der Waals surface area contributed by atoms with Gasteiger partial charge in [-0.3, -0.25) is 4.40 Å². The van der Waals surface area contributed by atoms with Gasteiger partial charge in [-0.05, 0) is 25.0 Å². The third kappa shape index (κ3) is 1.55. The van der Waals surface area contributed by atoms with Crippen molar-refractivity contribution in [1.82, 2.24) is 9.38 Å². The van der Waals surface area contributed by atoms with Crippen molar-refractivity contribution < 1.29 is 5.11 Å². The van der Waals surface area contributed by atoms with E-state index in [2.05, 4.69) is 20.4 Å². The first-order valence-corrected chi connectivity index (χ1v) is 5.70. The third-order valence-corrected chi connectivity index (χ3v) is 3.13. The van der Waals surface area contributed by atoms with E-state index in [1.807, 2.05) is 18.3 Å². The molecule has 84 valence electrons. The van der Waals surface area contributed by atoms with Crippen molar-refractivity contribution in [1.29, 1.82) is 0 Å². The van der Waals surface area contributed by atoms with Crippen molar-refractivity contribution in [2.24, 2.45) is 0 Å². The molecule has 2 aromatic heterocycles. The zero-order valence-electron chi connectivity index (χ0n) is 9.08. The highest BCUT2D eigenvalue weighted by Crippen LogP contribution is 2.20. The van der Waals surface area contributed by atoms with E-state index >= 15 is 0 Å². The number of pyridine rings is 1. The van der Waals surface area contributed by atoms with Gasteiger partial charge in [0.1, 0.15) is 11.5 Å². The lowest BCUT2D eigenvalue weighted by Crippen LogP contribution is -2.39. The van der Waals surface area contributed by atoms with Gasteiger partial charge in [-0.15, -0.1) is 0 Å². The van der Waals surface area contributed by atoms with E-state index < -0.39 is 0 Å². The highest BCUT2D eigenvalue weighted by molar-refractivity contribution is 5.51. The predicted molar refractivity (Wildman–Crippen MR) is 62.6 cm³/mol. The summed E-state index contributed by atoms with van der Waals surface area (Å²) in [5.74, 6) is 1.12. The van der Waals surface area contributed by atoms with Crippen LogP contribution in [0.5, 0.6) is 0 Å². The highest BCUT2D eigenvalue weighted by Gasteiger charge is 2.19. The average Bonchev–Trinajstić information content (AvgIpc) is 2.76. The predicted octanol–water partition coefficient (Wildman–Crippen LogP) is 1.30. The summed E-state index contributed by atoms with van der Waals surface area (Å²) in [5, 5.41) is 9.70. The molecule has 2 aromatic rings. The molecule has 16 heavy (non-hydrogen) atoms. The first-order chi connectivity index (χ1) is 7.84. The van der Waals surface area contributed by atoms with Crippen LogP contribution in [-0.2, 0) is 0 Å². The van der Waals surface area contributed by atoms with Crippen molar-refractivity contribution in [2.45, 2.75) is 18.9 Å². The molecule has 0 radical (unpaired) electrons. The van der Waals surface area contributed by atoms with Crippen molar-refractivity contribution in [3.05, 3.63) is 30.6 Å². The molecule has 4 heteroatoms. The van der Waals surface area contributed by atoms with Crippen molar-refractivity contribution in [3.63, 3.8) is 0 Å². The number of β-amino-alcohol motifs (C(OH)–C–C–N with tert-alkyl or cyclic N) is 1. The van der Waals surface area contributed by atoms with E-state index in [9.17, 15) is 5.11 Å². The van der Waals surface area contributed by atoms with Crippen LogP contribution in [0.15, 0.2) is 30.6 Å². The normalized spacial score (nSPS) is 21.6. The summed E-state index contributed by atoms with van der Waals surface area (Å²) in [5.41, 5.74) is 0.956. The van der Waals surface area contributed by atoms with Crippen LogP contribution in [-0.4, -0.2) is 33.7 Å². The molecule has 1 unspecified atom stereocenters. The first kappa shape index (κ1) is 9.66. The second kappa shape index (κ2) is 3.79. The number of rotatable bonds is 1. The quantitative estimate of drug-likeness (QED) is 0.782. The molecule has 0 aliphatic carbocycles. The van der Waals surface area contributed by atoms with E-state index in [-0.39, 0.29) is 6.10 Å². The van der Waals surface area contributed by atoms with E-state index in [0.29, 0.717) is 0 Å². The maximum Gasteiger partial charge on any atom is 0.138 e. The summed E-state index contributed by atoms with van der Waals surface area (Å²) >= 11 is 0. The fraction of sp³-hybridized carbons (Fsp3) is 0.417. The molecule has 4 nitrogen and oxygen atoms in total. The molecular formula is C12H15N3O. The number of piperidine rings is 1. The van der Waals surface area contributed by atoms with Gasteiger partial charge in [0.05, 0.1) is 6.10 Å². The van der Waals surface area contributed by atoms with E-state index in [0.717, 1.165) is 37.4 Å². The van der Waals surface area contributed by atoms with Gasteiger partial charge in [0.25, 0.3) is 0 Å². The number of aliphatic hydroxyl groups excluding tert-OH is 1. The lowest BCUT2D eigenvalue weighted by atomic mass is 10.1. The van der Waals surface area contributed by atoms with Crippen molar-refractivity contribution >= 4 is 11.5 Å². The summed E-state index contributed by atoms with van der Waals surface area (Å²) in [6.07, 6.45) is 5.53. The Balaban J connectivity index is 2.01. The van der Waals surface area contributed by atoms with Gasteiger partial charge in [0, 0.05) is 25.5 Å². The minimum absolute atomic E-state index is 0.201. The van der Waals surface area contributed by atoms with Crippen LogP contribution in [0.3, 0.4) is 0 Å². The zero-order chi connectivity index (χ0) is 11.0. The maximum absolute atomic E-state index is 9.70. The minimum atomic E-state index is -0.201. The van der Waals surface area contributed by atoms with Crippen molar-refractivity contribution in [2.75, 3.05) is 18.0 Å². The number of hydrogen-bond donors (Lipinski definition) is 1. The lowest BCUT2D eigenvalue weighted by Gasteiger charge is -2.32. The largest absolute Gasteiger partial charge is 0.391 e. The second-order valence-corrected chi connectivity index (χ2v) is 4.28. The molecule has 0 spiro atoms. The van der Waals surface area contributed by atoms with Gasteiger partial charge in [-0.2, -0.15) is 0 Å². The summed E-state index contributed by atoms with van der Waals surface area (Å²) in [4.78, 5) is 6.49. The highest BCUT2D eigenvalue weighted by atomic mass is 16.3. The Labute approximate surface area is 94.1 Å². The summed E-state index contributed by atoms with van der Waals surface area (Å²) < 4.78 is 2.07. The van der Waals surface area contributed by atoms with Gasteiger partial charge >= 0.3 is 0 Å². The number of hydrogen-bond acceptors (Lipinski definition) is 3. The Morgan fingerprint density at radius 3 is 3.19 bits per heavy atom. The Morgan fingerprint density at radius 1 is 1.38 bits per heavy atom. The van der Waals surface area contributed by atoms with E-state index in [4.69, 9.17) is 0 Å². The van der Waals surface area contributed by atoms with E-state index in [1.165, 1.54) is 0 Å². The molecule has 3 rings (SSSR count). The number of aromatic nitrogens is 2. The van der Waals surface area contributed by atoms with Crippen LogP contribution >= 0.6 is 0 Å². The fourth-order valence-electron chi connectivity index (χ4n) is 2.35. The van der Waals surface area contributed by atoms with Gasteiger partial charge < -0.3 is 10.0 Å². The number of fused-ring (bicyclic) bond motifs is 1. The molecule has 1 N–H and O–H groups in total. The zero-order valence-corrected chi connectivity index (χ0v) is 9.08. The molecule has 0 amide bonds. The van der Waals surface area contributed by atoms with E-state index in [1.54, 1.807) is 6.20 Å². The Morgan fingerprint density at radius 2 is 2.31 bits per heavy atom. The summed E-state index contributed by atoms with van der Waals surface area (Å²) in [6, 6.07) is 6.08. The lowest BCUT2D eigenvalue weighted by molar-refractivity contribution is 0.154.